The van der Waals surface area contributed by atoms with Crippen LogP contribution in [-0.2, 0) is 4.79 Å². The molecule has 0 unspecified atom stereocenters. The second-order valence-corrected chi connectivity index (χ2v) is 3.23. The lowest BCUT2D eigenvalue weighted by atomic mass is 10.1. The molecule has 0 aliphatic rings. The van der Waals surface area contributed by atoms with E-state index in [0.717, 1.165) is 6.07 Å². The number of nitro groups is 1. The van der Waals surface area contributed by atoms with Crippen LogP contribution in [0.4, 0.5) is 11.4 Å². The number of nitrogens with one attached hydrogen (secondary N) is 1. The molecule has 0 aliphatic heterocycles. The van der Waals surface area contributed by atoms with Crippen LogP contribution in [-0.4, -0.2) is 10.8 Å². The maximum absolute atomic E-state index is 10.9. The summed E-state index contributed by atoms with van der Waals surface area (Å²) in [7, 11) is 0. The molecule has 82 valence electrons. The first-order valence-corrected chi connectivity index (χ1v) is 4.42. The van der Waals surface area contributed by atoms with Crippen molar-refractivity contribution in [3.05, 3.63) is 33.4 Å². The number of carbonyl (C=O) groups excluding carboxylic acids is 1. The van der Waals surface area contributed by atoms with Crippen molar-refractivity contribution in [1.82, 2.24) is 0 Å². The molecular formula is C10H9N3O3. The second-order valence-electron chi connectivity index (χ2n) is 3.23. The number of anilines is 1. The molecule has 6 heteroatoms. The Morgan fingerprint density at radius 2 is 2.19 bits per heavy atom. The van der Waals surface area contributed by atoms with Gasteiger partial charge in [-0.05, 0) is 18.6 Å². The number of hydrogen-bond donors (Lipinski definition) is 1. The highest BCUT2D eigenvalue weighted by Gasteiger charge is 2.17. The summed E-state index contributed by atoms with van der Waals surface area (Å²) >= 11 is 0. The molecule has 1 N–H and O–H groups in total. The number of benzene rings is 1. The number of nitro benzene ring substituents is 1. The first-order chi connectivity index (χ1) is 7.45. The summed E-state index contributed by atoms with van der Waals surface area (Å²) in [6.45, 7) is 2.91. The quantitative estimate of drug-likeness (QED) is 0.605. The van der Waals surface area contributed by atoms with Crippen LogP contribution in [0.5, 0.6) is 0 Å². The van der Waals surface area contributed by atoms with Gasteiger partial charge in [0, 0.05) is 13.0 Å². The number of hydrogen-bond acceptors (Lipinski definition) is 4. The van der Waals surface area contributed by atoms with E-state index in [2.05, 4.69) is 5.32 Å². The molecule has 1 rings (SSSR count). The molecule has 6 nitrogen and oxygen atoms in total. The van der Waals surface area contributed by atoms with E-state index in [9.17, 15) is 14.9 Å². The van der Waals surface area contributed by atoms with E-state index in [1.165, 1.54) is 13.0 Å². The van der Waals surface area contributed by atoms with Crippen LogP contribution >= 0.6 is 0 Å². The van der Waals surface area contributed by atoms with Gasteiger partial charge < -0.3 is 5.32 Å². The lowest BCUT2D eigenvalue weighted by Gasteiger charge is -2.05. The zero-order chi connectivity index (χ0) is 12.3. The Balaban J connectivity index is 3.37. The molecule has 0 saturated heterocycles. The van der Waals surface area contributed by atoms with Crippen LogP contribution in [0.15, 0.2) is 12.1 Å². The van der Waals surface area contributed by atoms with Crippen molar-refractivity contribution in [3.63, 3.8) is 0 Å². The number of nitrogens with zero attached hydrogens (tertiary/aromatic N) is 2. The molecule has 0 saturated carbocycles. The molecule has 0 atom stereocenters. The summed E-state index contributed by atoms with van der Waals surface area (Å²) in [5.41, 5.74) is 0.629. The number of rotatable bonds is 2. The zero-order valence-corrected chi connectivity index (χ0v) is 8.77. The summed E-state index contributed by atoms with van der Waals surface area (Å²) in [6.07, 6.45) is 0. The number of aryl methyl sites for hydroxylation is 1. The largest absolute Gasteiger partial charge is 0.321 e. The van der Waals surface area contributed by atoms with Crippen LogP contribution in [0.3, 0.4) is 0 Å². The van der Waals surface area contributed by atoms with Crippen molar-refractivity contribution in [1.29, 1.82) is 5.26 Å². The van der Waals surface area contributed by atoms with Gasteiger partial charge in [0.1, 0.15) is 5.69 Å². The third-order valence-corrected chi connectivity index (χ3v) is 1.97. The first kappa shape index (κ1) is 11.7. The van der Waals surface area contributed by atoms with Crippen LogP contribution in [0, 0.1) is 28.4 Å². The van der Waals surface area contributed by atoms with Crippen molar-refractivity contribution in [2.24, 2.45) is 0 Å². The average molecular weight is 219 g/mol. The van der Waals surface area contributed by atoms with Gasteiger partial charge in [0.15, 0.2) is 0 Å². The third kappa shape index (κ3) is 2.33. The molecule has 0 radical (unpaired) electrons. The molecule has 1 amide bonds. The van der Waals surface area contributed by atoms with Gasteiger partial charge in [0.05, 0.1) is 16.6 Å². The highest BCUT2D eigenvalue weighted by molar-refractivity contribution is 5.91. The fourth-order valence-corrected chi connectivity index (χ4v) is 1.26. The summed E-state index contributed by atoms with van der Waals surface area (Å²) in [6, 6.07) is 4.42. The van der Waals surface area contributed by atoms with Gasteiger partial charge in [-0.25, -0.2) is 0 Å². The van der Waals surface area contributed by atoms with Crippen LogP contribution in [0.25, 0.3) is 0 Å². The average Bonchev–Trinajstić information content (AvgIpc) is 2.16. The Hall–Kier alpha value is -2.42. The van der Waals surface area contributed by atoms with E-state index in [1.54, 1.807) is 6.92 Å². The molecule has 0 fully saturated rings. The van der Waals surface area contributed by atoms with Crippen molar-refractivity contribution in [2.45, 2.75) is 13.8 Å². The highest BCUT2D eigenvalue weighted by atomic mass is 16.6. The minimum atomic E-state index is -0.633. The number of carbonyl (C=O) groups is 1. The highest BCUT2D eigenvalue weighted by Crippen LogP contribution is 2.27. The lowest BCUT2D eigenvalue weighted by molar-refractivity contribution is -0.384. The smallest absolute Gasteiger partial charge is 0.294 e. The standard InChI is InChI=1S/C10H9N3O3/c1-6-3-9(12-7(2)14)10(13(15)16)4-8(6)5-11/h3-4H,1-2H3,(H,12,14). The van der Waals surface area contributed by atoms with Crippen LogP contribution in [0.2, 0.25) is 0 Å². The van der Waals surface area contributed by atoms with Crippen LogP contribution in [0.1, 0.15) is 18.1 Å². The predicted molar refractivity (Wildman–Crippen MR) is 56.9 cm³/mol. The Bertz CT molecular complexity index is 503. The molecule has 0 spiro atoms. The van der Waals surface area contributed by atoms with E-state index in [4.69, 9.17) is 5.26 Å². The Labute approximate surface area is 91.6 Å². The SMILES string of the molecule is CC(=O)Nc1cc(C)c(C#N)cc1[N+](=O)[O-]. The van der Waals surface area contributed by atoms with Crippen molar-refractivity contribution < 1.29 is 9.72 Å². The van der Waals surface area contributed by atoms with E-state index in [1.807, 2.05) is 6.07 Å². The molecule has 16 heavy (non-hydrogen) atoms. The fraction of sp³-hybridized carbons (Fsp3) is 0.200. The molecule has 1 aromatic rings. The molecule has 0 bridgehead atoms. The molecule has 0 aromatic heterocycles. The normalized spacial score (nSPS) is 9.31. The van der Waals surface area contributed by atoms with Gasteiger partial charge in [-0.15, -0.1) is 0 Å². The van der Waals surface area contributed by atoms with Gasteiger partial charge in [0.2, 0.25) is 5.91 Å². The summed E-state index contributed by atoms with van der Waals surface area (Å²) < 4.78 is 0. The maximum atomic E-state index is 10.9. The lowest BCUT2D eigenvalue weighted by Crippen LogP contribution is -2.08. The minimum Gasteiger partial charge on any atom is -0.321 e. The van der Waals surface area contributed by atoms with Crippen molar-refractivity contribution in [2.75, 3.05) is 5.32 Å². The summed E-state index contributed by atoms with van der Waals surface area (Å²) in [4.78, 5) is 20.9. The van der Waals surface area contributed by atoms with E-state index in [0.29, 0.717) is 5.56 Å². The maximum Gasteiger partial charge on any atom is 0.294 e. The Morgan fingerprint density at radius 3 is 2.62 bits per heavy atom. The van der Waals surface area contributed by atoms with Gasteiger partial charge in [-0.3, -0.25) is 14.9 Å². The van der Waals surface area contributed by atoms with E-state index < -0.39 is 10.8 Å². The van der Waals surface area contributed by atoms with Crippen molar-refractivity contribution in [3.8, 4) is 6.07 Å². The molecule has 0 aliphatic carbocycles. The van der Waals surface area contributed by atoms with Gasteiger partial charge in [-0.1, -0.05) is 0 Å². The van der Waals surface area contributed by atoms with E-state index >= 15 is 0 Å². The van der Waals surface area contributed by atoms with Crippen LogP contribution < -0.4 is 5.32 Å². The fourth-order valence-electron chi connectivity index (χ4n) is 1.26. The van der Waals surface area contributed by atoms with Crippen molar-refractivity contribution >= 4 is 17.3 Å². The Kier molecular flexibility index (Phi) is 3.20. The summed E-state index contributed by atoms with van der Waals surface area (Å²) in [5.74, 6) is -0.396. The van der Waals surface area contributed by atoms with E-state index in [-0.39, 0.29) is 16.9 Å². The third-order valence-electron chi connectivity index (χ3n) is 1.97. The molecule has 0 heterocycles. The van der Waals surface area contributed by atoms with Gasteiger partial charge >= 0.3 is 0 Å². The summed E-state index contributed by atoms with van der Waals surface area (Å²) in [5, 5.41) is 21.8. The number of nitriles is 1. The second kappa shape index (κ2) is 4.40. The monoisotopic (exact) mass is 219 g/mol. The van der Waals surface area contributed by atoms with Gasteiger partial charge in [0.25, 0.3) is 5.69 Å². The Morgan fingerprint density at radius 1 is 1.56 bits per heavy atom. The predicted octanol–water partition coefficient (Wildman–Crippen LogP) is 1.73. The first-order valence-electron chi connectivity index (χ1n) is 4.42. The molecule has 1 aromatic carbocycles. The topological polar surface area (TPSA) is 96.0 Å². The minimum absolute atomic E-state index is 0.106. The zero-order valence-electron chi connectivity index (χ0n) is 8.77. The number of amides is 1. The van der Waals surface area contributed by atoms with Gasteiger partial charge in [-0.2, -0.15) is 5.26 Å². The molecular weight excluding hydrogens is 210 g/mol.